The largest absolute Gasteiger partial charge is 0.453 e. The van der Waals surface area contributed by atoms with Gasteiger partial charge in [-0.05, 0) is 6.07 Å². The predicted molar refractivity (Wildman–Crippen MR) is 71.0 cm³/mol. The van der Waals surface area contributed by atoms with Crippen LogP contribution in [-0.2, 0) is 15.1 Å². The first-order valence-electron chi connectivity index (χ1n) is 6.47. The number of rotatable bonds is 0. The van der Waals surface area contributed by atoms with Crippen LogP contribution in [0.2, 0.25) is 0 Å². The molecule has 106 valence electrons. The molecule has 2 aliphatic rings. The van der Waals surface area contributed by atoms with Gasteiger partial charge in [0.05, 0.1) is 12.8 Å². The van der Waals surface area contributed by atoms with Gasteiger partial charge in [-0.2, -0.15) is 0 Å². The maximum Gasteiger partial charge on any atom is 0.411 e. The summed E-state index contributed by atoms with van der Waals surface area (Å²) in [5.74, 6) is -0.214. The van der Waals surface area contributed by atoms with Gasteiger partial charge in [0.25, 0.3) is 0 Å². The third-order valence-electron chi connectivity index (χ3n) is 4.08. The number of anilines is 1. The highest BCUT2D eigenvalue weighted by atomic mass is 16.5. The predicted octanol–water partition coefficient (Wildman–Crippen LogP) is 1.04. The molecule has 0 radical (unpaired) electrons. The summed E-state index contributed by atoms with van der Waals surface area (Å²) in [6.45, 7) is 1.78. The second-order valence-electron chi connectivity index (χ2n) is 5.12. The van der Waals surface area contributed by atoms with E-state index in [-0.39, 0.29) is 5.91 Å². The summed E-state index contributed by atoms with van der Waals surface area (Å²) in [7, 11) is 1.29. The van der Waals surface area contributed by atoms with Gasteiger partial charge in [-0.3, -0.25) is 14.6 Å². The molecule has 1 saturated heterocycles. The van der Waals surface area contributed by atoms with Crippen molar-refractivity contribution in [2.75, 3.05) is 18.6 Å². The molecular formula is C14H16N2O4. The molecule has 0 bridgehead atoms. The third-order valence-corrected chi connectivity index (χ3v) is 4.08. The number of amides is 2. The summed E-state index contributed by atoms with van der Waals surface area (Å²) >= 11 is 0. The first-order chi connectivity index (χ1) is 9.50. The van der Waals surface area contributed by atoms with Crippen molar-refractivity contribution in [2.45, 2.75) is 25.1 Å². The minimum absolute atomic E-state index is 0.214. The zero-order valence-electron chi connectivity index (χ0n) is 11.4. The Morgan fingerprint density at radius 1 is 1.40 bits per heavy atom. The quantitative estimate of drug-likeness (QED) is 0.768. The second-order valence-corrected chi connectivity index (χ2v) is 5.12. The minimum Gasteiger partial charge on any atom is -0.453 e. The third kappa shape index (κ3) is 1.48. The Kier molecular flexibility index (Phi) is 2.72. The van der Waals surface area contributed by atoms with E-state index in [0.717, 1.165) is 0 Å². The maximum atomic E-state index is 12.0. The lowest BCUT2D eigenvalue weighted by Crippen LogP contribution is -2.53. The molecule has 3 rings (SSSR count). The van der Waals surface area contributed by atoms with E-state index in [2.05, 4.69) is 0 Å². The lowest BCUT2D eigenvalue weighted by Gasteiger charge is -2.33. The Morgan fingerprint density at radius 2 is 2.10 bits per heavy atom. The normalized spacial score (nSPS) is 27.2. The summed E-state index contributed by atoms with van der Waals surface area (Å²) in [5, 5.41) is 11.0. The number of hydrogen-bond acceptors (Lipinski definition) is 4. The van der Waals surface area contributed by atoms with E-state index in [0.29, 0.717) is 24.2 Å². The highest BCUT2D eigenvalue weighted by Crippen LogP contribution is 2.50. The van der Waals surface area contributed by atoms with Crippen molar-refractivity contribution in [1.82, 2.24) is 4.90 Å². The molecule has 2 atom stereocenters. The summed E-state index contributed by atoms with van der Waals surface area (Å²) < 4.78 is 4.75. The summed E-state index contributed by atoms with van der Waals surface area (Å²) in [6.07, 6.45) is -0.886. The fourth-order valence-corrected chi connectivity index (χ4v) is 3.26. The molecule has 1 N–H and O–H groups in total. The number of carbonyl (C=O) groups is 2. The first kappa shape index (κ1) is 12.9. The van der Waals surface area contributed by atoms with E-state index in [1.165, 1.54) is 23.8 Å². The number of carbonyl (C=O) groups excluding carboxylic acids is 2. The lowest BCUT2D eigenvalue weighted by molar-refractivity contribution is -0.118. The number of ether oxygens (including phenoxy) is 1. The SMILES string of the molecule is COC(=O)N1CC[C@@]2(O)c3ccccc3N(C(C)=O)[C@@H]12. The molecule has 0 spiro atoms. The van der Waals surface area contributed by atoms with Crippen LogP contribution in [0.25, 0.3) is 0 Å². The topological polar surface area (TPSA) is 70.1 Å². The smallest absolute Gasteiger partial charge is 0.411 e. The Bertz CT molecular complexity index is 588. The number of aliphatic hydroxyl groups is 1. The molecule has 6 heteroatoms. The Labute approximate surface area is 116 Å². The van der Waals surface area contributed by atoms with Gasteiger partial charge in [0.2, 0.25) is 5.91 Å². The van der Waals surface area contributed by atoms with Crippen molar-refractivity contribution in [3.63, 3.8) is 0 Å². The van der Waals surface area contributed by atoms with Gasteiger partial charge in [-0.25, -0.2) is 4.79 Å². The highest BCUT2D eigenvalue weighted by molar-refractivity contribution is 5.96. The fourth-order valence-electron chi connectivity index (χ4n) is 3.26. The van der Waals surface area contributed by atoms with Crippen LogP contribution >= 0.6 is 0 Å². The molecule has 2 amide bonds. The molecule has 2 aliphatic heterocycles. The number of methoxy groups -OCH3 is 1. The van der Waals surface area contributed by atoms with Gasteiger partial charge < -0.3 is 9.84 Å². The fraction of sp³-hybridized carbons (Fsp3) is 0.429. The van der Waals surface area contributed by atoms with E-state index in [1.807, 2.05) is 12.1 Å². The number of para-hydroxylation sites is 1. The standard InChI is InChI=1S/C14H16N2O4/c1-9(17)16-11-6-4-3-5-10(11)14(19)7-8-15(12(14)16)13(18)20-2/h3-6,12,19H,7-8H2,1-2H3/t12-,14-/m1/s1. The van der Waals surface area contributed by atoms with Crippen LogP contribution in [0.4, 0.5) is 10.5 Å². The molecule has 6 nitrogen and oxygen atoms in total. The van der Waals surface area contributed by atoms with E-state index < -0.39 is 17.9 Å². The van der Waals surface area contributed by atoms with Crippen LogP contribution in [0, 0.1) is 0 Å². The van der Waals surface area contributed by atoms with Crippen LogP contribution in [0.15, 0.2) is 24.3 Å². The van der Waals surface area contributed by atoms with Crippen molar-refractivity contribution in [1.29, 1.82) is 0 Å². The molecule has 0 aromatic heterocycles. The van der Waals surface area contributed by atoms with Gasteiger partial charge in [0.15, 0.2) is 0 Å². The molecule has 1 aromatic carbocycles. The number of benzene rings is 1. The summed E-state index contributed by atoms with van der Waals surface area (Å²) in [5.41, 5.74) is 0.115. The Morgan fingerprint density at radius 3 is 2.75 bits per heavy atom. The van der Waals surface area contributed by atoms with Crippen LogP contribution in [-0.4, -0.2) is 41.8 Å². The van der Waals surface area contributed by atoms with Crippen LogP contribution in [0.5, 0.6) is 0 Å². The van der Waals surface area contributed by atoms with Gasteiger partial charge in [-0.1, -0.05) is 18.2 Å². The van der Waals surface area contributed by atoms with Crippen LogP contribution in [0.1, 0.15) is 18.9 Å². The van der Waals surface area contributed by atoms with E-state index in [1.54, 1.807) is 12.1 Å². The van der Waals surface area contributed by atoms with E-state index in [9.17, 15) is 14.7 Å². The number of likely N-dealkylation sites (tertiary alicyclic amines) is 1. The van der Waals surface area contributed by atoms with Crippen molar-refractivity contribution < 1.29 is 19.4 Å². The molecule has 1 aromatic rings. The average Bonchev–Trinajstić information content (AvgIpc) is 2.89. The molecule has 20 heavy (non-hydrogen) atoms. The molecule has 1 fully saturated rings. The number of fused-ring (bicyclic) bond motifs is 3. The van der Waals surface area contributed by atoms with E-state index >= 15 is 0 Å². The van der Waals surface area contributed by atoms with Gasteiger partial charge in [-0.15, -0.1) is 0 Å². The van der Waals surface area contributed by atoms with Crippen molar-refractivity contribution in [3.05, 3.63) is 29.8 Å². The highest BCUT2D eigenvalue weighted by Gasteiger charge is 2.59. The minimum atomic E-state index is -1.23. The number of nitrogens with zero attached hydrogens (tertiary/aromatic N) is 2. The first-order valence-corrected chi connectivity index (χ1v) is 6.47. The van der Waals surface area contributed by atoms with Crippen molar-refractivity contribution >= 4 is 17.7 Å². The van der Waals surface area contributed by atoms with Crippen molar-refractivity contribution in [2.24, 2.45) is 0 Å². The zero-order chi connectivity index (χ0) is 14.5. The van der Waals surface area contributed by atoms with E-state index in [4.69, 9.17) is 4.74 Å². The Balaban J connectivity index is 2.14. The molecule has 0 saturated carbocycles. The Hall–Kier alpha value is -2.08. The molecule has 2 heterocycles. The molecular weight excluding hydrogens is 260 g/mol. The summed E-state index contributed by atoms with van der Waals surface area (Å²) in [4.78, 5) is 26.7. The monoisotopic (exact) mass is 276 g/mol. The van der Waals surface area contributed by atoms with Crippen molar-refractivity contribution in [3.8, 4) is 0 Å². The second kappa shape index (κ2) is 4.21. The van der Waals surface area contributed by atoms with Gasteiger partial charge >= 0.3 is 6.09 Å². The zero-order valence-corrected chi connectivity index (χ0v) is 11.4. The maximum absolute atomic E-state index is 12.0. The van der Waals surface area contributed by atoms with Gasteiger partial charge in [0, 0.05) is 25.5 Å². The molecule has 0 aliphatic carbocycles. The van der Waals surface area contributed by atoms with Gasteiger partial charge in [0.1, 0.15) is 11.8 Å². The number of hydrogen-bond donors (Lipinski definition) is 1. The van der Waals surface area contributed by atoms with Crippen LogP contribution in [0.3, 0.4) is 0 Å². The lowest BCUT2D eigenvalue weighted by atomic mass is 9.93. The average molecular weight is 276 g/mol. The van der Waals surface area contributed by atoms with Crippen LogP contribution < -0.4 is 4.90 Å². The molecule has 0 unspecified atom stereocenters. The summed E-state index contributed by atoms with van der Waals surface area (Å²) in [6, 6.07) is 7.20.